The van der Waals surface area contributed by atoms with Crippen LogP contribution >= 0.6 is 11.6 Å². The molecule has 1 saturated carbocycles. The predicted octanol–water partition coefficient (Wildman–Crippen LogP) is 2.85. The molecule has 1 aromatic rings. The molecule has 1 aliphatic rings. The summed E-state index contributed by atoms with van der Waals surface area (Å²) in [6, 6.07) is 6.97. The first kappa shape index (κ1) is 15.3. The second-order valence-corrected chi connectivity index (χ2v) is 5.63. The number of benzene rings is 1. The van der Waals surface area contributed by atoms with Crippen LogP contribution in [0.15, 0.2) is 24.3 Å². The van der Waals surface area contributed by atoms with Crippen molar-refractivity contribution in [2.24, 2.45) is 5.92 Å². The standard InChI is InChI=1S/C15H20ClNO3/c16-12-3-5-13(6-4-12)17-15(19)10-20-14-7-1-11(9-18)2-8-14/h3-6,11,14,18H,1-2,7-10H2,(H,17,19). The van der Waals surface area contributed by atoms with Crippen molar-refractivity contribution < 1.29 is 14.6 Å². The maximum Gasteiger partial charge on any atom is 0.250 e. The van der Waals surface area contributed by atoms with E-state index in [9.17, 15) is 4.79 Å². The highest BCUT2D eigenvalue weighted by atomic mass is 35.5. The van der Waals surface area contributed by atoms with E-state index in [2.05, 4.69) is 5.32 Å². The lowest BCUT2D eigenvalue weighted by atomic mass is 9.88. The van der Waals surface area contributed by atoms with Gasteiger partial charge < -0.3 is 15.2 Å². The topological polar surface area (TPSA) is 58.6 Å². The average Bonchev–Trinajstić information content (AvgIpc) is 2.48. The minimum atomic E-state index is -0.156. The molecule has 1 aliphatic carbocycles. The molecule has 0 aliphatic heterocycles. The van der Waals surface area contributed by atoms with Gasteiger partial charge in [-0.05, 0) is 55.9 Å². The minimum absolute atomic E-state index is 0.0666. The van der Waals surface area contributed by atoms with Crippen molar-refractivity contribution in [3.8, 4) is 0 Å². The molecule has 0 bridgehead atoms. The molecule has 1 aromatic carbocycles. The SMILES string of the molecule is O=C(COC1CCC(CO)CC1)Nc1ccc(Cl)cc1. The van der Waals surface area contributed by atoms with Gasteiger partial charge in [0.1, 0.15) is 6.61 Å². The Morgan fingerprint density at radius 1 is 1.25 bits per heavy atom. The molecule has 0 heterocycles. The third-order valence-electron chi connectivity index (χ3n) is 3.63. The van der Waals surface area contributed by atoms with E-state index in [1.165, 1.54) is 0 Å². The van der Waals surface area contributed by atoms with Crippen LogP contribution < -0.4 is 5.32 Å². The number of hydrogen-bond acceptors (Lipinski definition) is 3. The van der Waals surface area contributed by atoms with E-state index in [1.54, 1.807) is 24.3 Å². The van der Waals surface area contributed by atoms with Gasteiger partial charge in [-0.1, -0.05) is 11.6 Å². The monoisotopic (exact) mass is 297 g/mol. The average molecular weight is 298 g/mol. The molecule has 4 nitrogen and oxygen atoms in total. The van der Waals surface area contributed by atoms with E-state index in [4.69, 9.17) is 21.4 Å². The van der Waals surface area contributed by atoms with Gasteiger partial charge in [0.05, 0.1) is 6.10 Å². The Bertz CT molecular complexity index is 427. The smallest absolute Gasteiger partial charge is 0.250 e. The molecule has 0 aromatic heterocycles. The third-order valence-corrected chi connectivity index (χ3v) is 3.88. The number of nitrogens with one attached hydrogen (secondary N) is 1. The van der Waals surface area contributed by atoms with Crippen molar-refractivity contribution >= 4 is 23.2 Å². The van der Waals surface area contributed by atoms with Crippen LogP contribution in [-0.4, -0.2) is 30.3 Å². The van der Waals surface area contributed by atoms with Crippen molar-refractivity contribution in [3.63, 3.8) is 0 Å². The molecule has 0 radical (unpaired) electrons. The fourth-order valence-corrected chi connectivity index (χ4v) is 2.53. The summed E-state index contributed by atoms with van der Waals surface area (Å²) in [6.07, 6.45) is 3.91. The molecule has 0 saturated heterocycles. The molecule has 110 valence electrons. The van der Waals surface area contributed by atoms with Crippen LogP contribution in [0.4, 0.5) is 5.69 Å². The van der Waals surface area contributed by atoms with E-state index >= 15 is 0 Å². The fraction of sp³-hybridized carbons (Fsp3) is 0.533. The summed E-state index contributed by atoms with van der Waals surface area (Å²) in [6.45, 7) is 0.320. The van der Waals surface area contributed by atoms with Crippen molar-refractivity contribution in [1.82, 2.24) is 0 Å². The van der Waals surface area contributed by atoms with Gasteiger partial charge in [-0.15, -0.1) is 0 Å². The third kappa shape index (κ3) is 4.78. The molecule has 20 heavy (non-hydrogen) atoms. The van der Waals surface area contributed by atoms with Gasteiger partial charge in [-0.25, -0.2) is 0 Å². The summed E-state index contributed by atoms with van der Waals surface area (Å²) in [5.74, 6) is 0.245. The van der Waals surface area contributed by atoms with E-state index in [0.29, 0.717) is 16.6 Å². The number of rotatable bonds is 5. The Balaban J connectivity index is 1.69. The van der Waals surface area contributed by atoms with Crippen LogP contribution in [0.1, 0.15) is 25.7 Å². The Morgan fingerprint density at radius 3 is 2.50 bits per heavy atom. The summed E-state index contributed by atoms with van der Waals surface area (Å²) in [4.78, 5) is 11.8. The van der Waals surface area contributed by atoms with Crippen LogP contribution in [-0.2, 0) is 9.53 Å². The largest absolute Gasteiger partial charge is 0.396 e. The quantitative estimate of drug-likeness (QED) is 0.878. The molecule has 0 unspecified atom stereocenters. The van der Waals surface area contributed by atoms with E-state index < -0.39 is 0 Å². The summed E-state index contributed by atoms with van der Waals surface area (Å²) >= 11 is 5.78. The molecular formula is C15H20ClNO3. The van der Waals surface area contributed by atoms with Crippen molar-refractivity contribution in [2.45, 2.75) is 31.8 Å². The highest BCUT2D eigenvalue weighted by Crippen LogP contribution is 2.25. The van der Waals surface area contributed by atoms with E-state index in [0.717, 1.165) is 25.7 Å². The number of hydrogen-bond donors (Lipinski definition) is 2. The maximum absolute atomic E-state index is 11.8. The van der Waals surface area contributed by atoms with Gasteiger partial charge in [0, 0.05) is 17.3 Å². The lowest BCUT2D eigenvalue weighted by Gasteiger charge is -2.27. The van der Waals surface area contributed by atoms with Crippen LogP contribution in [0, 0.1) is 5.92 Å². The van der Waals surface area contributed by atoms with Gasteiger partial charge in [0.15, 0.2) is 0 Å². The van der Waals surface area contributed by atoms with Crippen LogP contribution in [0.25, 0.3) is 0 Å². The second kappa shape index (κ2) is 7.62. The summed E-state index contributed by atoms with van der Waals surface area (Å²) in [7, 11) is 0. The zero-order chi connectivity index (χ0) is 14.4. The highest BCUT2D eigenvalue weighted by molar-refractivity contribution is 6.30. The number of halogens is 1. The number of aliphatic hydroxyl groups excluding tert-OH is 1. The zero-order valence-corrected chi connectivity index (χ0v) is 12.1. The van der Waals surface area contributed by atoms with Gasteiger partial charge in [-0.3, -0.25) is 4.79 Å². The molecule has 1 fully saturated rings. The Kier molecular flexibility index (Phi) is 5.83. The molecule has 5 heteroatoms. The summed E-state index contributed by atoms with van der Waals surface area (Å²) in [5.41, 5.74) is 0.715. The van der Waals surface area contributed by atoms with Crippen LogP contribution in [0.3, 0.4) is 0 Å². The van der Waals surface area contributed by atoms with E-state index in [1.807, 2.05) is 0 Å². The lowest BCUT2D eigenvalue weighted by molar-refractivity contribution is -0.123. The number of aliphatic hydroxyl groups is 1. The normalized spacial score (nSPS) is 22.5. The molecular weight excluding hydrogens is 278 g/mol. The Morgan fingerprint density at radius 2 is 1.90 bits per heavy atom. The molecule has 1 amide bonds. The fourth-order valence-electron chi connectivity index (χ4n) is 2.40. The van der Waals surface area contributed by atoms with Crippen LogP contribution in [0.2, 0.25) is 5.02 Å². The highest BCUT2D eigenvalue weighted by Gasteiger charge is 2.21. The number of ether oxygens (including phenoxy) is 1. The number of anilines is 1. The number of carbonyl (C=O) groups excluding carboxylic acids is 1. The van der Waals surface area contributed by atoms with Crippen molar-refractivity contribution in [3.05, 3.63) is 29.3 Å². The second-order valence-electron chi connectivity index (χ2n) is 5.19. The van der Waals surface area contributed by atoms with Gasteiger partial charge in [0.2, 0.25) is 5.91 Å². The lowest BCUT2D eigenvalue weighted by Crippen LogP contribution is -2.27. The van der Waals surface area contributed by atoms with Gasteiger partial charge in [0.25, 0.3) is 0 Å². The minimum Gasteiger partial charge on any atom is -0.396 e. The number of amides is 1. The molecule has 2 rings (SSSR count). The predicted molar refractivity (Wildman–Crippen MR) is 78.9 cm³/mol. The summed E-state index contributed by atoms with van der Waals surface area (Å²) in [5, 5.41) is 12.5. The van der Waals surface area contributed by atoms with Gasteiger partial charge in [-0.2, -0.15) is 0 Å². The zero-order valence-electron chi connectivity index (χ0n) is 11.3. The first-order valence-corrected chi connectivity index (χ1v) is 7.33. The molecule has 0 atom stereocenters. The summed E-state index contributed by atoms with van der Waals surface area (Å²) < 4.78 is 5.61. The Labute approximate surface area is 124 Å². The first-order valence-electron chi connectivity index (χ1n) is 6.95. The maximum atomic E-state index is 11.8. The first-order chi connectivity index (χ1) is 9.67. The molecule has 2 N–H and O–H groups in total. The van der Waals surface area contributed by atoms with Crippen molar-refractivity contribution in [1.29, 1.82) is 0 Å². The van der Waals surface area contributed by atoms with E-state index in [-0.39, 0.29) is 25.2 Å². The van der Waals surface area contributed by atoms with Gasteiger partial charge >= 0.3 is 0 Å². The van der Waals surface area contributed by atoms with Crippen molar-refractivity contribution in [2.75, 3.05) is 18.5 Å². The molecule has 0 spiro atoms. The van der Waals surface area contributed by atoms with Crippen LogP contribution in [0.5, 0.6) is 0 Å². The number of carbonyl (C=O) groups is 1. The Hall–Kier alpha value is -1.10.